The van der Waals surface area contributed by atoms with E-state index in [0.29, 0.717) is 16.7 Å². The van der Waals surface area contributed by atoms with Crippen molar-refractivity contribution in [1.29, 1.82) is 0 Å². The van der Waals surface area contributed by atoms with Crippen molar-refractivity contribution in [2.24, 2.45) is 5.73 Å². The Kier molecular flexibility index (Phi) is 5.29. The molecule has 0 heterocycles. The number of carboxylic acid groups (broad SMARTS) is 1. The van der Waals surface area contributed by atoms with Crippen molar-refractivity contribution < 1.29 is 23.1 Å². The second-order valence-electron chi connectivity index (χ2n) is 5.69. The second-order valence-corrected chi connectivity index (χ2v) is 5.69. The van der Waals surface area contributed by atoms with Crippen molar-refractivity contribution in [2.45, 2.75) is 32.7 Å². The van der Waals surface area contributed by atoms with Crippen LogP contribution in [0.1, 0.15) is 41.1 Å². The first-order chi connectivity index (χ1) is 11.2. The van der Waals surface area contributed by atoms with Crippen LogP contribution >= 0.6 is 0 Å². The maximum absolute atomic E-state index is 14.5. The van der Waals surface area contributed by atoms with Gasteiger partial charge in [-0.25, -0.2) is 13.2 Å². The molecule has 0 saturated heterocycles. The SMILES string of the molecule is Cc1ccccc1-c1cc(C(F)F)c(F)c(C(N)CC(=O)O)c1C. The van der Waals surface area contributed by atoms with E-state index in [9.17, 15) is 18.0 Å². The zero-order valence-corrected chi connectivity index (χ0v) is 13.3. The van der Waals surface area contributed by atoms with Crippen molar-refractivity contribution >= 4 is 5.97 Å². The number of rotatable bonds is 5. The van der Waals surface area contributed by atoms with Crippen LogP contribution in [0.25, 0.3) is 11.1 Å². The van der Waals surface area contributed by atoms with E-state index in [-0.39, 0.29) is 5.56 Å². The van der Waals surface area contributed by atoms with Crippen LogP contribution in [0.4, 0.5) is 13.2 Å². The molecule has 0 saturated carbocycles. The highest BCUT2D eigenvalue weighted by atomic mass is 19.3. The summed E-state index contributed by atoms with van der Waals surface area (Å²) in [6, 6.07) is 7.04. The van der Waals surface area contributed by atoms with Gasteiger partial charge in [0.15, 0.2) is 0 Å². The van der Waals surface area contributed by atoms with E-state index in [4.69, 9.17) is 10.8 Å². The lowest BCUT2D eigenvalue weighted by Crippen LogP contribution is -2.19. The number of hydrogen-bond donors (Lipinski definition) is 2. The lowest BCUT2D eigenvalue weighted by molar-refractivity contribution is -0.137. The smallest absolute Gasteiger partial charge is 0.305 e. The van der Waals surface area contributed by atoms with Crippen LogP contribution in [0, 0.1) is 19.7 Å². The zero-order valence-electron chi connectivity index (χ0n) is 13.3. The molecule has 6 heteroatoms. The molecule has 0 amide bonds. The van der Waals surface area contributed by atoms with Crippen molar-refractivity contribution in [3.8, 4) is 11.1 Å². The molecule has 24 heavy (non-hydrogen) atoms. The minimum Gasteiger partial charge on any atom is -0.481 e. The third kappa shape index (κ3) is 3.43. The third-order valence-corrected chi connectivity index (χ3v) is 4.03. The summed E-state index contributed by atoms with van der Waals surface area (Å²) in [6.45, 7) is 3.38. The average molecular weight is 337 g/mol. The molecule has 0 aliphatic heterocycles. The Morgan fingerprint density at radius 3 is 2.38 bits per heavy atom. The van der Waals surface area contributed by atoms with E-state index in [1.165, 1.54) is 0 Å². The summed E-state index contributed by atoms with van der Waals surface area (Å²) in [4.78, 5) is 10.9. The van der Waals surface area contributed by atoms with E-state index in [0.717, 1.165) is 11.6 Å². The van der Waals surface area contributed by atoms with Gasteiger partial charge in [-0.15, -0.1) is 0 Å². The molecule has 0 radical (unpaired) electrons. The number of benzene rings is 2. The highest BCUT2D eigenvalue weighted by Gasteiger charge is 2.26. The van der Waals surface area contributed by atoms with Crippen molar-refractivity contribution in [3.63, 3.8) is 0 Å². The summed E-state index contributed by atoms with van der Waals surface area (Å²) in [5.74, 6) is -2.35. The molecule has 0 fully saturated rings. The second kappa shape index (κ2) is 7.05. The maximum Gasteiger partial charge on any atom is 0.305 e. The number of aryl methyl sites for hydroxylation is 1. The topological polar surface area (TPSA) is 63.3 Å². The summed E-state index contributed by atoms with van der Waals surface area (Å²) in [5.41, 5.74) is 7.17. The number of hydrogen-bond acceptors (Lipinski definition) is 2. The molecule has 2 aromatic rings. The van der Waals surface area contributed by atoms with Crippen LogP contribution in [-0.2, 0) is 4.79 Å². The molecule has 128 valence electrons. The Balaban J connectivity index is 2.75. The van der Waals surface area contributed by atoms with Crippen molar-refractivity contribution in [2.75, 3.05) is 0 Å². The van der Waals surface area contributed by atoms with Crippen LogP contribution in [0.2, 0.25) is 0 Å². The Labute approximate surface area is 137 Å². The lowest BCUT2D eigenvalue weighted by atomic mass is 9.88. The van der Waals surface area contributed by atoms with E-state index >= 15 is 0 Å². The summed E-state index contributed by atoms with van der Waals surface area (Å²) in [7, 11) is 0. The van der Waals surface area contributed by atoms with Crippen LogP contribution in [-0.4, -0.2) is 11.1 Å². The average Bonchev–Trinajstić information content (AvgIpc) is 2.47. The van der Waals surface area contributed by atoms with Crippen molar-refractivity contribution in [1.82, 2.24) is 0 Å². The van der Waals surface area contributed by atoms with Gasteiger partial charge in [-0.3, -0.25) is 4.79 Å². The molecule has 1 unspecified atom stereocenters. The molecule has 0 spiro atoms. The fraction of sp³-hybridized carbons (Fsp3) is 0.278. The number of alkyl halides is 2. The first-order valence-electron chi connectivity index (χ1n) is 7.38. The van der Waals surface area contributed by atoms with Gasteiger partial charge in [0, 0.05) is 11.6 Å². The quantitative estimate of drug-likeness (QED) is 0.843. The first-order valence-corrected chi connectivity index (χ1v) is 7.38. The lowest BCUT2D eigenvalue weighted by Gasteiger charge is -2.21. The summed E-state index contributed by atoms with van der Waals surface area (Å²) >= 11 is 0. The molecular weight excluding hydrogens is 319 g/mol. The number of halogens is 3. The Hall–Kier alpha value is -2.34. The number of carboxylic acids is 1. The number of nitrogens with two attached hydrogens (primary N) is 1. The van der Waals surface area contributed by atoms with Gasteiger partial charge in [-0.05, 0) is 42.2 Å². The van der Waals surface area contributed by atoms with Gasteiger partial charge < -0.3 is 10.8 Å². The molecular formula is C18H18F3NO2. The molecule has 1 atom stereocenters. The van der Waals surface area contributed by atoms with Gasteiger partial charge in [0.25, 0.3) is 6.43 Å². The van der Waals surface area contributed by atoms with Gasteiger partial charge >= 0.3 is 5.97 Å². The van der Waals surface area contributed by atoms with Crippen LogP contribution in [0.3, 0.4) is 0 Å². The van der Waals surface area contributed by atoms with Gasteiger partial charge in [0.1, 0.15) is 5.82 Å². The standard InChI is InChI=1S/C18H18F3NO2/c1-9-5-3-4-6-11(9)12-7-13(18(20)21)17(19)16(10(12)2)14(22)8-15(23)24/h3-7,14,18H,8,22H2,1-2H3,(H,23,24). The van der Waals surface area contributed by atoms with Gasteiger partial charge in [0.2, 0.25) is 0 Å². The monoisotopic (exact) mass is 337 g/mol. The summed E-state index contributed by atoms with van der Waals surface area (Å²) in [6.07, 6.45) is -3.57. The van der Waals surface area contributed by atoms with E-state index in [1.807, 2.05) is 19.1 Å². The maximum atomic E-state index is 14.5. The van der Waals surface area contributed by atoms with E-state index in [1.54, 1.807) is 19.1 Å². The molecule has 2 aromatic carbocycles. The fourth-order valence-corrected chi connectivity index (χ4v) is 2.84. The molecule has 0 aromatic heterocycles. The molecule has 0 aliphatic carbocycles. The van der Waals surface area contributed by atoms with E-state index < -0.39 is 36.2 Å². The van der Waals surface area contributed by atoms with Crippen molar-refractivity contribution in [3.05, 3.63) is 58.4 Å². The summed E-state index contributed by atoms with van der Waals surface area (Å²) < 4.78 is 41.1. The van der Waals surface area contributed by atoms with Gasteiger partial charge in [-0.1, -0.05) is 24.3 Å². The Morgan fingerprint density at radius 1 is 1.21 bits per heavy atom. The number of aliphatic carboxylic acids is 1. The predicted molar refractivity (Wildman–Crippen MR) is 85.4 cm³/mol. The van der Waals surface area contributed by atoms with Gasteiger partial charge in [0.05, 0.1) is 12.0 Å². The minimum absolute atomic E-state index is 0.173. The molecule has 3 N–H and O–H groups in total. The fourth-order valence-electron chi connectivity index (χ4n) is 2.84. The van der Waals surface area contributed by atoms with Crippen LogP contribution in [0.5, 0.6) is 0 Å². The zero-order chi connectivity index (χ0) is 18.0. The Bertz CT molecular complexity index is 775. The molecule has 0 bridgehead atoms. The highest BCUT2D eigenvalue weighted by Crippen LogP contribution is 2.37. The number of carbonyl (C=O) groups is 1. The summed E-state index contributed by atoms with van der Waals surface area (Å²) in [5, 5.41) is 8.89. The highest BCUT2D eigenvalue weighted by molar-refractivity contribution is 5.74. The molecule has 2 rings (SSSR count). The van der Waals surface area contributed by atoms with E-state index in [2.05, 4.69) is 0 Å². The normalized spacial score (nSPS) is 12.5. The van der Waals surface area contributed by atoms with Crippen LogP contribution in [0.15, 0.2) is 30.3 Å². The largest absolute Gasteiger partial charge is 0.481 e. The third-order valence-electron chi connectivity index (χ3n) is 4.03. The predicted octanol–water partition coefficient (Wildman–Crippen LogP) is 4.52. The minimum atomic E-state index is -3.02. The molecule has 3 nitrogen and oxygen atoms in total. The Morgan fingerprint density at radius 2 is 1.83 bits per heavy atom. The van der Waals surface area contributed by atoms with Crippen LogP contribution < -0.4 is 5.73 Å². The first kappa shape index (κ1) is 18.0. The molecule has 0 aliphatic rings. The van der Waals surface area contributed by atoms with Gasteiger partial charge in [-0.2, -0.15) is 0 Å².